The van der Waals surface area contributed by atoms with E-state index in [9.17, 15) is 8.78 Å². The Morgan fingerprint density at radius 1 is 1.33 bits per heavy atom. The molecule has 1 aliphatic carbocycles. The van der Waals surface area contributed by atoms with Gasteiger partial charge in [0.25, 0.3) is 0 Å². The van der Waals surface area contributed by atoms with Crippen molar-refractivity contribution in [2.24, 2.45) is 0 Å². The van der Waals surface area contributed by atoms with Crippen LogP contribution < -0.4 is 0 Å². The molecule has 0 aromatic heterocycles. The second kappa shape index (κ2) is 4.92. The van der Waals surface area contributed by atoms with Gasteiger partial charge in [-0.05, 0) is 25.3 Å². The number of ether oxygens (including phenoxy) is 1. The van der Waals surface area contributed by atoms with Gasteiger partial charge in [0.05, 0.1) is 0 Å². The molecule has 0 saturated heterocycles. The van der Waals surface area contributed by atoms with Crippen LogP contribution in [0.4, 0.5) is 8.78 Å². The van der Waals surface area contributed by atoms with Gasteiger partial charge in [0.2, 0.25) is 0 Å². The monoisotopic (exact) mass is 232 g/mol. The maximum atomic E-state index is 12.7. The van der Waals surface area contributed by atoms with Crippen LogP contribution in [0.3, 0.4) is 0 Å². The molecule has 4 heteroatoms. The molecule has 86 valence electrons. The minimum atomic E-state index is -2.06. The van der Waals surface area contributed by atoms with E-state index in [1.165, 1.54) is 0 Å². The largest absolute Gasteiger partial charge is 0.490 e. The van der Waals surface area contributed by atoms with E-state index in [-0.39, 0.29) is 11.5 Å². The highest BCUT2D eigenvalue weighted by Gasteiger charge is 2.29. The van der Waals surface area contributed by atoms with Crippen molar-refractivity contribution in [3.05, 3.63) is 23.6 Å². The summed E-state index contributed by atoms with van der Waals surface area (Å²) < 4.78 is 30.9. The zero-order valence-corrected chi connectivity index (χ0v) is 10.5. The molecule has 0 spiro atoms. The van der Waals surface area contributed by atoms with E-state index in [1.807, 2.05) is 31.8 Å². The van der Waals surface area contributed by atoms with Crippen LogP contribution in [0.1, 0.15) is 19.3 Å². The SMILES string of the molecule is C[Si](C)(C)C(OC1C=CCCC1)=C(F)F. The van der Waals surface area contributed by atoms with Crippen molar-refractivity contribution in [1.29, 1.82) is 0 Å². The first-order valence-electron chi connectivity index (χ1n) is 5.30. The van der Waals surface area contributed by atoms with Crippen LogP contribution in [0.25, 0.3) is 0 Å². The Morgan fingerprint density at radius 2 is 2.00 bits per heavy atom. The van der Waals surface area contributed by atoms with E-state index in [2.05, 4.69) is 0 Å². The Morgan fingerprint density at radius 3 is 2.40 bits per heavy atom. The van der Waals surface area contributed by atoms with Crippen molar-refractivity contribution < 1.29 is 13.5 Å². The van der Waals surface area contributed by atoms with Crippen molar-refractivity contribution in [2.45, 2.75) is 45.0 Å². The third kappa shape index (κ3) is 3.78. The molecule has 1 atom stereocenters. The van der Waals surface area contributed by atoms with Gasteiger partial charge in [-0.25, -0.2) is 0 Å². The first-order chi connectivity index (χ1) is 6.91. The predicted octanol–water partition coefficient (Wildman–Crippen LogP) is 4.10. The maximum absolute atomic E-state index is 12.7. The Bertz CT molecular complexity index is 275. The second-order valence-electron chi connectivity index (χ2n) is 4.85. The molecule has 0 amide bonds. The fourth-order valence-electron chi connectivity index (χ4n) is 1.54. The molecule has 1 rings (SSSR count). The summed E-state index contributed by atoms with van der Waals surface area (Å²) in [6.07, 6.45) is 5.00. The van der Waals surface area contributed by atoms with Crippen LogP contribution in [0, 0.1) is 0 Å². The number of allylic oxidation sites excluding steroid dienone is 1. The molecule has 0 aromatic rings. The lowest BCUT2D eigenvalue weighted by atomic mass is 10.1. The van der Waals surface area contributed by atoms with Crippen LogP contribution in [-0.4, -0.2) is 14.2 Å². The van der Waals surface area contributed by atoms with E-state index in [4.69, 9.17) is 4.74 Å². The minimum Gasteiger partial charge on any atom is -0.490 e. The molecule has 0 saturated carbocycles. The molecule has 0 aliphatic heterocycles. The molecule has 0 bridgehead atoms. The summed E-state index contributed by atoms with van der Waals surface area (Å²) in [5, 5.41) is -0.0425. The molecule has 0 fully saturated rings. The van der Waals surface area contributed by atoms with Gasteiger partial charge in [-0.15, -0.1) is 0 Å². The maximum Gasteiger partial charge on any atom is 0.302 e. The molecular formula is C11H18F2OSi. The van der Waals surface area contributed by atoms with Crippen LogP contribution in [0.5, 0.6) is 0 Å². The van der Waals surface area contributed by atoms with Crippen molar-refractivity contribution in [1.82, 2.24) is 0 Å². The predicted molar refractivity (Wildman–Crippen MR) is 60.5 cm³/mol. The molecular weight excluding hydrogens is 214 g/mol. The zero-order valence-electron chi connectivity index (χ0n) is 9.52. The fraction of sp³-hybridized carbons (Fsp3) is 0.636. The van der Waals surface area contributed by atoms with E-state index in [0.29, 0.717) is 0 Å². The summed E-state index contributed by atoms with van der Waals surface area (Å²) in [4.78, 5) is 0. The van der Waals surface area contributed by atoms with Gasteiger partial charge >= 0.3 is 6.08 Å². The number of rotatable bonds is 3. The highest BCUT2D eigenvalue weighted by Crippen LogP contribution is 2.26. The molecule has 1 aliphatic rings. The van der Waals surface area contributed by atoms with Crippen LogP contribution >= 0.6 is 0 Å². The lowest BCUT2D eigenvalue weighted by Gasteiger charge is -2.26. The lowest BCUT2D eigenvalue weighted by Crippen LogP contribution is -2.29. The molecule has 0 heterocycles. The quantitative estimate of drug-likeness (QED) is 0.404. The van der Waals surface area contributed by atoms with Crippen molar-refractivity contribution in [2.75, 3.05) is 0 Å². The molecule has 0 aromatic carbocycles. The van der Waals surface area contributed by atoms with Crippen molar-refractivity contribution >= 4 is 8.07 Å². The van der Waals surface area contributed by atoms with Crippen molar-refractivity contribution in [3.63, 3.8) is 0 Å². The highest BCUT2D eigenvalue weighted by molar-refractivity contribution is 6.82. The van der Waals surface area contributed by atoms with Crippen LogP contribution in [0.2, 0.25) is 19.6 Å². The van der Waals surface area contributed by atoms with Gasteiger partial charge in [0.15, 0.2) is 0 Å². The summed E-state index contributed by atoms with van der Waals surface area (Å²) in [6, 6.07) is 0. The average Bonchev–Trinajstić information content (AvgIpc) is 2.13. The highest BCUT2D eigenvalue weighted by atomic mass is 28.3. The summed E-state index contributed by atoms with van der Waals surface area (Å²) in [5.41, 5.74) is 0. The standard InChI is InChI=1S/C11H18F2OSi/c1-15(2,3)11(10(12)13)14-9-7-5-4-6-8-9/h5,7,9H,4,6,8H2,1-3H3. The minimum absolute atomic E-state index is 0.0425. The number of hydrogen-bond acceptors (Lipinski definition) is 1. The Labute approximate surface area is 90.8 Å². The average molecular weight is 232 g/mol. The van der Waals surface area contributed by atoms with Crippen molar-refractivity contribution in [3.8, 4) is 0 Å². The lowest BCUT2D eigenvalue weighted by molar-refractivity contribution is 0.141. The van der Waals surface area contributed by atoms with E-state index in [1.54, 1.807) is 0 Å². The first-order valence-corrected chi connectivity index (χ1v) is 8.80. The van der Waals surface area contributed by atoms with Gasteiger partial charge in [0.1, 0.15) is 19.6 Å². The Kier molecular flexibility index (Phi) is 4.08. The van der Waals surface area contributed by atoms with Crippen LogP contribution in [0.15, 0.2) is 23.6 Å². The number of halogens is 2. The normalized spacial score (nSPS) is 21.3. The smallest absolute Gasteiger partial charge is 0.302 e. The van der Waals surface area contributed by atoms with E-state index < -0.39 is 14.2 Å². The molecule has 15 heavy (non-hydrogen) atoms. The van der Waals surface area contributed by atoms with Crippen LogP contribution in [-0.2, 0) is 4.74 Å². The molecule has 1 unspecified atom stereocenters. The third-order valence-electron chi connectivity index (χ3n) is 2.33. The molecule has 0 radical (unpaired) electrons. The van der Waals surface area contributed by atoms with Gasteiger partial charge in [0, 0.05) is 0 Å². The zero-order chi connectivity index (χ0) is 11.5. The topological polar surface area (TPSA) is 9.23 Å². The molecule has 1 nitrogen and oxygen atoms in total. The third-order valence-corrected chi connectivity index (χ3v) is 4.00. The van der Waals surface area contributed by atoms with Gasteiger partial charge < -0.3 is 4.74 Å². The number of hydrogen-bond donors (Lipinski definition) is 0. The van der Waals surface area contributed by atoms with E-state index >= 15 is 0 Å². The summed E-state index contributed by atoms with van der Waals surface area (Å²) in [5.74, 6) is 0. The second-order valence-corrected chi connectivity index (χ2v) is 9.81. The van der Waals surface area contributed by atoms with Gasteiger partial charge in [-0.1, -0.05) is 25.7 Å². The molecule has 0 N–H and O–H groups in total. The summed E-state index contributed by atoms with van der Waals surface area (Å²) >= 11 is 0. The Hall–Kier alpha value is -0.643. The Balaban J connectivity index is 2.72. The van der Waals surface area contributed by atoms with E-state index in [0.717, 1.165) is 19.3 Å². The van der Waals surface area contributed by atoms with Gasteiger partial charge in [-0.3, -0.25) is 0 Å². The first kappa shape index (κ1) is 12.4. The van der Waals surface area contributed by atoms with Gasteiger partial charge in [-0.2, -0.15) is 8.78 Å². The summed E-state index contributed by atoms with van der Waals surface area (Å²) in [7, 11) is -2.06. The summed E-state index contributed by atoms with van der Waals surface area (Å²) in [6.45, 7) is 5.61. The fourth-order valence-corrected chi connectivity index (χ4v) is 2.61.